The van der Waals surface area contributed by atoms with Gasteiger partial charge in [-0.3, -0.25) is 9.59 Å². The Morgan fingerprint density at radius 3 is 2.04 bits per heavy atom. The topological polar surface area (TPSA) is 110 Å². The Morgan fingerprint density at radius 1 is 0.852 bits per heavy atom. The van der Waals surface area contributed by atoms with E-state index in [1.54, 1.807) is 30.3 Å². The van der Waals surface area contributed by atoms with Gasteiger partial charge in [0.1, 0.15) is 5.75 Å². The Morgan fingerprint density at radius 2 is 1.44 bits per heavy atom. The van der Waals surface area contributed by atoms with E-state index in [-0.39, 0.29) is 25.4 Å². The number of benzene rings is 1. The third kappa shape index (κ3) is 11.6. The van der Waals surface area contributed by atoms with E-state index < -0.39 is 18.0 Å². The summed E-state index contributed by atoms with van der Waals surface area (Å²) in [5.41, 5.74) is 0. The van der Waals surface area contributed by atoms with Gasteiger partial charge < -0.3 is 19.7 Å². The van der Waals surface area contributed by atoms with Gasteiger partial charge in [-0.25, -0.2) is 4.79 Å². The first kappa shape index (κ1) is 22.5. The molecule has 1 aromatic carbocycles. The van der Waals surface area contributed by atoms with Crippen molar-refractivity contribution in [3.63, 3.8) is 0 Å². The van der Waals surface area contributed by atoms with Crippen LogP contribution in [0.2, 0.25) is 0 Å². The maximum absolute atomic E-state index is 11.7. The summed E-state index contributed by atoms with van der Waals surface area (Å²) in [4.78, 5) is 33.3. The summed E-state index contributed by atoms with van der Waals surface area (Å²) in [7, 11) is 0. The number of hydrogen-bond acceptors (Lipinski definition) is 5. The molecule has 1 aromatic rings. The summed E-state index contributed by atoms with van der Waals surface area (Å²) >= 11 is 0. The number of rotatable bonds is 15. The third-order valence-corrected chi connectivity index (χ3v) is 3.96. The predicted molar refractivity (Wildman–Crippen MR) is 98.6 cm³/mol. The highest BCUT2D eigenvalue weighted by Crippen LogP contribution is 2.13. The number of esters is 1. The number of hydrogen-bond donors (Lipinski definition) is 2. The van der Waals surface area contributed by atoms with Crippen molar-refractivity contribution >= 4 is 17.9 Å². The number of carbonyl (C=O) groups excluding carboxylic acids is 1. The monoisotopic (exact) mass is 380 g/mol. The van der Waals surface area contributed by atoms with E-state index in [1.807, 2.05) is 0 Å². The summed E-state index contributed by atoms with van der Waals surface area (Å²) in [5.74, 6) is -1.75. The Bertz CT molecular complexity index is 571. The van der Waals surface area contributed by atoms with Gasteiger partial charge in [0, 0.05) is 19.3 Å². The number of unbranched alkanes of at least 4 members (excludes halogenated alkanes) is 5. The third-order valence-electron chi connectivity index (χ3n) is 3.96. The maximum atomic E-state index is 11.7. The highest BCUT2D eigenvalue weighted by Gasteiger charge is 2.20. The summed E-state index contributed by atoms with van der Waals surface area (Å²) in [6.07, 6.45) is 4.60. The molecule has 0 amide bonds. The van der Waals surface area contributed by atoms with Crippen LogP contribution in [0.3, 0.4) is 0 Å². The van der Waals surface area contributed by atoms with Crippen molar-refractivity contribution in [2.24, 2.45) is 0 Å². The average Bonchev–Trinajstić information content (AvgIpc) is 2.63. The van der Waals surface area contributed by atoms with E-state index in [1.165, 1.54) is 0 Å². The quantitative estimate of drug-likeness (QED) is 0.353. The lowest BCUT2D eigenvalue weighted by atomic mass is 10.1. The average molecular weight is 380 g/mol. The fraction of sp³-hybridized carbons (Fsp3) is 0.550. The molecule has 1 atom stereocenters. The molecule has 0 fully saturated rings. The SMILES string of the molecule is O=C(O)CCCCCCCCC(=O)OCCC(Oc1ccccc1)C(=O)O. The zero-order valence-corrected chi connectivity index (χ0v) is 15.5. The van der Waals surface area contributed by atoms with Crippen molar-refractivity contribution < 1.29 is 34.1 Å². The Labute approximate surface area is 159 Å². The summed E-state index contributed by atoms with van der Waals surface area (Å²) in [5, 5.41) is 17.7. The molecule has 0 heterocycles. The first-order chi connectivity index (χ1) is 13.0. The fourth-order valence-electron chi connectivity index (χ4n) is 2.50. The molecule has 1 unspecified atom stereocenters. The highest BCUT2D eigenvalue weighted by atomic mass is 16.5. The summed E-state index contributed by atoms with van der Waals surface area (Å²) in [6, 6.07) is 8.65. The second kappa shape index (κ2) is 13.6. The molecular formula is C20H28O7. The van der Waals surface area contributed by atoms with Gasteiger partial charge in [0.25, 0.3) is 0 Å². The van der Waals surface area contributed by atoms with Crippen LogP contribution in [0.1, 0.15) is 57.8 Å². The molecule has 0 radical (unpaired) electrons. The van der Waals surface area contributed by atoms with Crippen LogP contribution in [-0.4, -0.2) is 40.8 Å². The van der Waals surface area contributed by atoms with E-state index in [9.17, 15) is 19.5 Å². The molecule has 0 saturated heterocycles. The largest absolute Gasteiger partial charge is 0.481 e. The molecule has 2 N–H and O–H groups in total. The van der Waals surface area contributed by atoms with E-state index >= 15 is 0 Å². The summed E-state index contributed by atoms with van der Waals surface area (Å²) < 4.78 is 10.5. The van der Waals surface area contributed by atoms with Gasteiger partial charge in [0.2, 0.25) is 0 Å². The van der Waals surface area contributed by atoms with Gasteiger partial charge in [-0.15, -0.1) is 0 Å². The van der Waals surface area contributed by atoms with Crippen LogP contribution in [0.5, 0.6) is 5.75 Å². The van der Waals surface area contributed by atoms with Gasteiger partial charge in [0.15, 0.2) is 6.10 Å². The van der Waals surface area contributed by atoms with Crippen LogP contribution < -0.4 is 4.74 Å². The molecule has 27 heavy (non-hydrogen) atoms. The molecular weight excluding hydrogens is 352 g/mol. The zero-order chi connectivity index (χ0) is 19.9. The number of ether oxygens (including phenoxy) is 2. The van der Waals surface area contributed by atoms with Crippen molar-refractivity contribution in [1.82, 2.24) is 0 Å². The molecule has 0 spiro atoms. The molecule has 0 saturated carbocycles. The van der Waals surface area contributed by atoms with Crippen molar-refractivity contribution in [1.29, 1.82) is 0 Å². The smallest absolute Gasteiger partial charge is 0.345 e. The van der Waals surface area contributed by atoms with Crippen molar-refractivity contribution in [2.45, 2.75) is 63.9 Å². The Hall–Kier alpha value is -2.57. The molecule has 0 aliphatic carbocycles. The van der Waals surface area contributed by atoms with E-state index in [0.717, 1.165) is 25.7 Å². The lowest BCUT2D eigenvalue weighted by Crippen LogP contribution is -2.29. The minimum Gasteiger partial charge on any atom is -0.481 e. The number of para-hydroxylation sites is 1. The molecule has 0 aliphatic rings. The lowest BCUT2D eigenvalue weighted by molar-refractivity contribution is -0.150. The number of aliphatic carboxylic acids is 2. The zero-order valence-electron chi connectivity index (χ0n) is 15.5. The Kier molecular flexibility index (Phi) is 11.3. The van der Waals surface area contributed by atoms with Crippen molar-refractivity contribution in [3.8, 4) is 5.75 Å². The molecule has 7 heteroatoms. The Balaban J connectivity index is 2.09. The van der Waals surface area contributed by atoms with E-state index in [0.29, 0.717) is 25.0 Å². The molecule has 7 nitrogen and oxygen atoms in total. The van der Waals surface area contributed by atoms with Gasteiger partial charge in [-0.05, 0) is 25.0 Å². The van der Waals surface area contributed by atoms with Gasteiger partial charge >= 0.3 is 17.9 Å². The number of carboxylic acids is 2. The van der Waals surface area contributed by atoms with Crippen LogP contribution in [0.15, 0.2) is 30.3 Å². The van der Waals surface area contributed by atoms with Crippen LogP contribution >= 0.6 is 0 Å². The number of carboxylic acid groups (broad SMARTS) is 2. The first-order valence-corrected chi connectivity index (χ1v) is 9.31. The predicted octanol–water partition coefficient (Wildman–Crippen LogP) is 3.66. The minimum absolute atomic E-state index is 0.00216. The normalized spacial score (nSPS) is 11.6. The van der Waals surface area contributed by atoms with Crippen molar-refractivity contribution in [3.05, 3.63) is 30.3 Å². The highest BCUT2D eigenvalue weighted by molar-refractivity contribution is 5.73. The van der Waals surface area contributed by atoms with E-state index in [4.69, 9.17) is 14.6 Å². The fourth-order valence-corrected chi connectivity index (χ4v) is 2.50. The van der Waals surface area contributed by atoms with Gasteiger partial charge in [-0.2, -0.15) is 0 Å². The molecule has 150 valence electrons. The number of carbonyl (C=O) groups is 3. The van der Waals surface area contributed by atoms with Crippen LogP contribution in [0, 0.1) is 0 Å². The second-order valence-electron chi connectivity index (χ2n) is 6.28. The van der Waals surface area contributed by atoms with Crippen LogP contribution in [0.25, 0.3) is 0 Å². The lowest BCUT2D eigenvalue weighted by Gasteiger charge is -2.15. The molecule has 0 aromatic heterocycles. The van der Waals surface area contributed by atoms with Crippen LogP contribution in [-0.2, 0) is 19.1 Å². The maximum Gasteiger partial charge on any atom is 0.345 e. The minimum atomic E-state index is -1.10. The van der Waals surface area contributed by atoms with E-state index in [2.05, 4.69) is 0 Å². The van der Waals surface area contributed by atoms with Crippen LogP contribution in [0.4, 0.5) is 0 Å². The van der Waals surface area contributed by atoms with Crippen molar-refractivity contribution in [2.75, 3.05) is 6.61 Å². The molecule has 1 rings (SSSR count). The molecule has 0 bridgehead atoms. The molecule has 0 aliphatic heterocycles. The van der Waals surface area contributed by atoms with Gasteiger partial charge in [0.05, 0.1) is 6.61 Å². The standard InChI is InChI=1S/C20H28O7/c21-18(22)12-8-3-1-2-4-9-13-19(23)26-15-14-17(20(24)25)27-16-10-6-5-7-11-16/h5-7,10-11,17H,1-4,8-9,12-15H2,(H,21,22)(H,24,25). The second-order valence-corrected chi connectivity index (χ2v) is 6.28. The first-order valence-electron chi connectivity index (χ1n) is 9.31. The summed E-state index contributed by atoms with van der Waals surface area (Å²) in [6.45, 7) is -0.00216. The van der Waals surface area contributed by atoms with Gasteiger partial charge in [-0.1, -0.05) is 43.9 Å².